The van der Waals surface area contributed by atoms with Gasteiger partial charge in [0.05, 0.1) is 17.1 Å². The summed E-state index contributed by atoms with van der Waals surface area (Å²) in [4.78, 5) is 0. The van der Waals surface area contributed by atoms with Crippen LogP contribution in [-0.4, -0.2) is 4.57 Å². The smallest absolute Gasteiger partial charge is 0.113 e. The summed E-state index contributed by atoms with van der Waals surface area (Å²) < 4.78 is 2.45. The molecular formula is C41H33N3. The molecule has 0 amide bonds. The normalized spacial score (nSPS) is 19.7. The van der Waals surface area contributed by atoms with E-state index < -0.39 is 5.66 Å². The summed E-state index contributed by atoms with van der Waals surface area (Å²) >= 11 is 0. The molecule has 6 aromatic carbocycles. The van der Waals surface area contributed by atoms with Crippen molar-refractivity contribution in [1.82, 2.24) is 9.88 Å². The summed E-state index contributed by atoms with van der Waals surface area (Å²) in [6, 6.07) is 50.7. The van der Waals surface area contributed by atoms with Crippen molar-refractivity contribution in [2.75, 3.05) is 0 Å². The Labute approximate surface area is 257 Å². The van der Waals surface area contributed by atoms with E-state index in [9.17, 15) is 0 Å². The molecule has 44 heavy (non-hydrogen) atoms. The minimum Gasteiger partial charge on any atom is -0.309 e. The Balaban J connectivity index is 1.29. The van der Waals surface area contributed by atoms with Crippen LogP contribution in [0.25, 0.3) is 49.7 Å². The van der Waals surface area contributed by atoms with Crippen molar-refractivity contribution < 1.29 is 0 Å². The van der Waals surface area contributed by atoms with Crippen molar-refractivity contribution in [3.05, 3.63) is 162 Å². The second-order valence-corrected chi connectivity index (χ2v) is 12.9. The van der Waals surface area contributed by atoms with Crippen LogP contribution in [0.4, 0.5) is 0 Å². The lowest BCUT2D eigenvalue weighted by Crippen LogP contribution is -2.25. The SMILES string of the molecule is CC1(C)c2ccccc2-c2cc3c4ccc(-c5ccccc5)cc4n(-c4cccc(C5(N)N[C@H]5c5ccccc5)c4)c3cc21. The van der Waals surface area contributed by atoms with E-state index in [1.54, 1.807) is 0 Å². The summed E-state index contributed by atoms with van der Waals surface area (Å²) in [5.74, 6) is 0. The third kappa shape index (κ3) is 3.57. The van der Waals surface area contributed by atoms with Gasteiger partial charge in [-0.3, -0.25) is 5.32 Å². The van der Waals surface area contributed by atoms with Crippen molar-refractivity contribution in [1.29, 1.82) is 0 Å². The Morgan fingerprint density at radius 1 is 0.591 bits per heavy atom. The van der Waals surface area contributed by atoms with Crippen LogP contribution in [0.5, 0.6) is 0 Å². The molecule has 1 aromatic heterocycles. The van der Waals surface area contributed by atoms with E-state index in [1.165, 1.54) is 60.8 Å². The number of nitrogens with zero attached hydrogens (tertiary/aromatic N) is 1. The molecule has 1 unspecified atom stereocenters. The first-order valence-electron chi connectivity index (χ1n) is 15.4. The quantitative estimate of drug-likeness (QED) is 0.208. The van der Waals surface area contributed by atoms with E-state index in [-0.39, 0.29) is 11.5 Å². The molecular weight excluding hydrogens is 534 g/mol. The first-order chi connectivity index (χ1) is 21.4. The summed E-state index contributed by atoms with van der Waals surface area (Å²) in [6.07, 6.45) is 0. The molecule has 2 heterocycles. The highest BCUT2D eigenvalue weighted by Gasteiger charge is 2.52. The Bertz CT molecular complexity index is 2240. The van der Waals surface area contributed by atoms with Gasteiger partial charge in [-0.25, -0.2) is 0 Å². The first-order valence-corrected chi connectivity index (χ1v) is 15.4. The summed E-state index contributed by atoms with van der Waals surface area (Å²) in [5, 5.41) is 6.10. The number of aromatic nitrogens is 1. The average Bonchev–Trinajstić information content (AvgIpc) is 3.60. The van der Waals surface area contributed by atoms with Gasteiger partial charge in [0.1, 0.15) is 5.66 Å². The molecule has 3 N–H and O–H groups in total. The Morgan fingerprint density at radius 2 is 1.32 bits per heavy atom. The molecule has 2 atom stereocenters. The molecule has 0 radical (unpaired) electrons. The van der Waals surface area contributed by atoms with Crippen LogP contribution >= 0.6 is 0 Å². The molecule has 1 fully saturated rings. The maximum atomic E-state index is 7.03. The zero-order chi connectivity index (χ0) is 29.6. The van der Waals surface area contributed by atoms with Gasteiger partial charge < -0.3 is 10.3 Å². The largest absolute Gasteiger partial charge is 0.309 e. The van der Waals surface area contributed by atoms with Gasteiger partial charge in [-0.2, -0.15) is 0 Å². The molecule has 1 aliphatic heterocycles. The highest BCUT2D eigenvalue weighted by Crippen LogP contribution is 2.51. The molecule has 2 aliphatic rings. The molecule has 0 bridgehead atoms. The van der Waals surface area contributed by atoms with Crippen LogP contribution in [-0.2, 0) is 11.1 Å². The van der Waals surface area contributed by atoms with Gasteiger partial charge in [0, 0.05) is 21.9 Å². The zero-order valence-electron chi connectivity index (χ0n) is 24.9. The Hall–Kier alpha value is -4.96. The van der Waals surface area contributed by atoms with E-state index in [1.807, 2.05) is 6.07 Å². The van der Waals surface area contributed by atoms with Crippen molar-refractivity contribution in [2.24, 2.45) is 5.73 Å². The van der Waals surface area contributed by atoms with Crippen LogP contribution in [0.15, 0.2) is 140 Å². The maximum Gasteiger partial charge on any atom is 0.113 e. The van der Waals surface area contributed by atoms with Gasteiger partial charge in [0.15, 0.2) is 0 Å². The van der Waals surface area contributed by atoms with Crippen LogP contribution in [0, 0.1) is 0 Å². The van der Waals surface area contributed by atoms with Crippen LogP contribution in [0.3, 0.4) is 0 Å². The number of nitrogens with two attached hydrogens (primary N) is 1. The van der Waals surface area contributed by atoms with Gasteiger partial charge in [-0.1, -0.05) is 123 Å². The number of nitrogens with one attached hydrogen (secondary N) is 1. The van der Waals surface area contributed by atoms with E-state index in [0.717, 1.165) is 11.3 Å². The Kier molecular flexibility index (Phi) is 5.24. The predicted molar refractivity (Wildman–Crippen MR) is 182 cm³/mol. The molecule has 3 nitrogen and oxygen atoms in total. The van der Waals surface area contributed by atoms with Crippen molar-refractivity contribution in [3.63, 3.8) is 0 Å². The van der Waals surface area contributed by atoms with E-state index in [0.29, 0.717) is 0 Å². The van der Waals surface area contributed by atoms with Gasteiger partial charge in [0.2, 0.25) is 0 Å². The molecule has 7 aromatic rings. The average molecular weight is 568 g/mol. The lowest BCUT2D eigenvalue weighted by atomic mass is 9.82. The number of benzene rings is 6. The maximum absolute atomic E-state index is 7.03. The molecule has 9 rings (SSSR count). The summed E-state index contributed by atoms with van der Waals surface area (Å²) in [5.41, 5.74) is 20.0. The van der Waals surface area contributed by atoms with Crippen LogP contribution in [0.2, 0.25) is 0 Å². The number of hydrogen-bond donors (Lipinski definition) is 2. The van der Waals surface area contributed by atoms with Crippen LogP contribution in [0.1, 0.15) is 42.1 Å². The number of fused-ring (bicyclic) bond motifs is 6. The molecule has 212 valence electrons. The summed E-state index contributed by atoms with van der Waals surface area (Å²) in [6.45, 7) is 4.70. The lowest BCUT2D eigenvalue weighted by Gasteiger charge is -2.21. The zero-order valence-corrected chi connectivity index (χ0v) is 24.9. The lowest BCUT2D eigenvalue weighted by molar-refractivity contribution is 0.661. The minimum atomic E-state index is -0.601. The van der Waals surface area contributed by atoms with Crippen molar-refractivity contribution in [3.8, 4) is 27.9 Å². The summed E-state index contributed by atoms with van der Waals surface area (Å²) in [7, 11) is 0. The fraction of sp³-hybridized carbons (Fsp3) is 0.122. The monoisotopic (exact) mass is 567 g/mol. The standard InChI is InChI=1S/C41H33N3/c1-40(2)35-19-10-9-18-31(35)33-24-34-32-21-20-28(26-12-5-3-6-13-26)22-37(32)44(38(34)25-36(33)40)30-17-11-16-29(23-30)41(42)39(43-41)27-14-7-4-8-15-27/h3-25,39,43H,42H2,1-2H3/t39-,41?/m0/s1. The number of hydrogen-bond acceptors (Lipinski definition) is 2. The number of rotatable bonds is 4. The molecule has 0 spiro atoms. The molecule has 1 aliphatic carbocycles. The van der Waals surface area contributed by atoms with Gasteiger partial charge >= 0.3 is 0 Å². The molecule has 3 heteroatoms. The second-order valence-electron chi connectivity index (χ2n) is 12.9. The highest BCUT2D eigenvalue weighted by molar-refractivity contribution is 6.12. The Morgan fingerprint density at radius 3 is 2.14 bits per heavy atom. The topological polar surface area (TPSA) is 52.9 Å². The van der Waals surface area contributed by atoms with E-state index >= 15 is 0 Å². The van der Waals surface area contributed by atoms with Gasteiger partial charge in [-0.05, 0) is 74.8 Å². The molecule has 0 saturated carbocycles. The first kappa shape index (κ1) is 25.5. The highest BCUT2D eigenvalue weighted by atomic mass is 15.3. The van der Waals surface area contributed by atoms with E-state index in [2.05, 4.69) is 157 Å². The van der Waals surface area contributed by atoms with E-state index in [4.69, 9.17) is 5.73 Å². The third-order valence-electron chi connectivity index (χ3n) is 10.0. The van der Waals surface area contributed by atoms with Crippen molar-refractivity contribution in [2.45, 2.75) is 31.0 Å². The van der Waals surface area contributed by atoms with Gasteiger partial charge in [0.25, 0.3) is 0 Å². The third-order valence-corrected chi connectivity index (χ3v) is 10.0. The minimum absolute atomic E-state index is 0.0827. The second kappa shape index (κ2) is 9.03. The van der Waals surface area contributed by atoms with Crippen molar-refractivity contribution >= 4 is 21.8 Å². The fourth-order valence-corrected chi connectivity index (χ4v) is 7.64. The predicted octanol–water partition coefficient (Wildman–Crippen LogP) is 9.21. The van der Waals surface area contributed by atoms with Crippen LogP contribution < -0.4 is 11.1 Å². The fourth-order valence-electron chi connectivity index (χ4n) is 7.64. The van der Waals surface area contributed by atoms with Gasteiger partial charge in [-0.15, -0.1) is 0 Å². The molecule has 1 saturated heterocycles.